The largest absolute Gasteiger partial charge is 0.332 e. The molecule has 0 fully saturated rings. The first kappa shape index (κ1) is 16.2. The Morgan fingerprint density at radius 3 is 2.58 bits per heavy atom. The second kappa shape index (κ2) is 5.88. The molecular formula is C17H13N5O3S. The first-order valence-electron chi connectivity index (χ1n) is 7.69. The summed E-state index contributed by atoms with van der Waals surface area (Å²) < 4.78 is 3.20. The minimum atomic E-state index is -0.501. The number of nitrogens with one attached hydrogen (secondary N) is 1. The Balaban J connectivity index is 1.75. The lowest BCUT2D eigenvalue weighted by atomic mass is 10.2. The number of aryl methyl sites for hydroxylation is 1. The van der Waals surface area contributed by atoms with Gasteiger partial charge in [0.15, 0.2) is 5.13 Å². The Kier molecular flexibility index (Phi) is 3.66. The number of nitrogens with zero attached hydrogens (tertiary/aromatic N) is 4. The van der Waals surface area contributed by atoms with Gasteiger partial charge in [0.25, 0.3) is 11.5 Å². The molecule has 8 nitrogen and oxygen atoms in total. The fourth-order valence-electron chi connectivity index (χ4n) is 2.67. The maximum Gasteiger partial charge on any atom is 0.332 e. The standard InChI is InChI=1S/C17H13N5O3S/c1-21-13-9(15(24)22(2)17(21)25)7-8-11(18-13)14(23)20-16-19-10-5-3-4-6-12(10)26-16/h3-8H,1-2H3,(H,19,20,23). The van der Waals surface area contributed by atoms with Gasteiger partial charge in [-0.3, -0.25) is 24.0 Å². The van der Waals surface area contributed by atoms with Crippen molar-refractivity contribution in [3.63, 3.8) is 0 Å². The van der Waals surface area contributed by atoms with Crippen LogP contribution in [0.15, 0.2) is 46.0 Å². The maximum absolute atomic E-state index is 12.5. The van der Waals surface area contributed by atoms with Crippen molar-refractivity contribution in [2.45, 2.75) is 0 Å². The van der Waals surface area contributed by atoms with E-state index >= 15 is 0 Å². The molecular weight excluding hydrogens is 354 g/mol. The summed E-state index contributed by atoms with van der Waals surface area (Å²) in [6, 6.07) is 10.5. The second-order valence-electron chi connectivity index (χ2n) is 5.71. The van der Waals surface area contributed by atoms with Gasteiger partial charge >= 0.3 is 5.69 Å². The number of pyridine rings is 1. The van der Waals surface area contributed by atoms with Crippen LogP contribution in [0.4, 0.5) is 5.13 Å². The smallest absolute Gasteiger partial charge is 0.296 e. The van der Waals surface area contributed by atoms with Gasteiger partial charge in [-0.15, -0.1) is 0 Å². The van der Waals surface area contributed by atoms with E-state index in [4.69, 9.17) is 0 Å². The van der Waals surface area contributed by atoms with E-state index in [9.17, 15) is 14.4 Å². The average molecular weight is 367 g/mol. The van der Waals surface area contributed by atoms with Crippen LogP contribution in [-0.4, -0.2) is 25.0 Å². The molecule has 9 heteroatoms. The molecule has 0 saturated heterocycles. The average Bonchev–Trinajstić information content (AvgIpc) is 3.06. The van der Waals surface area contributed by atoms with Crippen molar-refractivity contribution >= 4 is 43.6 Å². The maximum atomic E-state index is 12.5. The molecule has 0 atom stereocenters. The third-order valence-electron chi connectivity index (χ3n) is 4.05. The van der Waals surface area contributed by atoms with Crippen LogP contribution in [0.2, 0.25) is 0 Å². The SMILES string of the molecule is Cn1c(=O)c2ccc(C(=O)Nc3nc4ccccc4s3)nc2n(C)c1=O. The van der Waals surface area contributed by atoms with E-state index in [0.29, 0.717) is 5.13 Å². The summed E-state index contributed by atoms with van der Waals surface area (Å²) >= 11 is 1.35. The van der Waals surface area contributed by atoms with E-state index in [-0.39, 0.29) is 16.7 Å². The topological polar surface area (TPSA) is 98.9 Å². The summed E-state index contributed by atoms with van der Waals surface area (Å²) in [5, 5.41) is 3.43. The van der Waals surface area contributed by atoms with Gasteiger partial charge < -0.3 is 0 Å². The van der Waals surface area contributed by atoms with Crippen LogP contribution in [0.3, 0.4) is 0 Å². The molecule has 26 heavy (non-hydrogen) atoms. The molecule has 130 valence electrons. The van der Waals surface area contributed by atoms with Crippen LogP contribution < -0.4 is 16.6 Å². The van der Waals surface area contributed by atoms with E-state index in [1.807, 2.05) is 24.3 Å². The number of fused-ring (bicyclic) bond motifs is 2. The van der Waals surface area contributed by atoms with Crippen molar-refractivity contribution in [3.05, 3.63) is 62.9 Å². The molecule has 0 saturated carbocycles. The Hall–Kier alpha value is -3.33. The Bertz CT molecular complexity index is 1270. The molecule has 0 bridgehead atoms. The quantitative estimate of drug-likeness (QED) is 0.579. The highest BCUT2D eigenvalue weighted by Crippen LogP contribution is 2.25. The minimum absolute atomic E-state index is 0.0972. The van der Waals surface area contributed by atoms with E-state index in [0.717, 1.165) is 14.8 Å². The van der Waals surface area contributed by atoms with Crippen molar-refractivity contribution in [1.82, 2.24) is 19.1 Å². The number of benzene rings is 1. The van der Waals surface area contributed by atoms with Crippen molar-refractivity contribution in [3.8, 4) is 0 Å². The fourth-order valence-corrected chi connectivity index (χ4v) is 3.53. The van der Waals surface area contributed by atoms with E-state index in [1.165, 1.54) is 42.1 Å². The van der Waals surface area contributed by atoms with Gasteiger partial charge in [-0.2, -0.15) is 0 Å². The zero-order chi connectivity index (χ0) is 18.4. The number of hydrogen-bond donors (Lipinski definition) is 1. The third kappa shape index (κ3) is 2.49. The van der Waals surface area contributed by atoms with Crippen molar-refractivity contribution < 1.29 is 4.79 Å². The van der Waals surface area contributed by atoms with Crippen LogP contribution in [0, 0.1) is 0 Å². The third-order valence-corrected chi connectivity index (χ3v) is 5.00. The number of anilines is 1. The number of thiazole rings is 1. The number of para-hydroxylation sites is 1. The van der Waals surface area contributed by atoms with Crippen LogP contribution in [0.5, 0.6) is 0 Å². The summed E-state index contributed by atoms with van der Waals surface area (Å²) in [5.41, 5.74) is 0.104. The van der Waals surface area contributed by atoms with Crippen LogP contribution in [-0.2, 0) is 14.1 Å². The van der Waals surface area contributed by atoms with Gasteiger partial charge in [0.05, 0.1) is 15.6 Å². The van der Waals surface area contributed by atoms with Gasteiger partial charge in [-0.05, 0) is 24.3 Å². The number of hydrogen-bond acceptors (Lipinski definition) is 6. The lowest BCUT2D eigenvalue weighted by Gasteiger charge is -2.08. The number of aromatic nitrogens is 4. The van der Waals surface area contributed by atoms with Gasteiger partial charge in [0, 0.05) is 14.1 Å². The number of amides is 1. The summed E-state index contributed by atoms with van der Waals surface area (Å²) in [4.78, 5) is 45.3. The van der Waals surface area contributed by atoms with Gasteiger partial charge in [-0.1, -0.05) is 23.5 Å². The van der Waals surface area contributed by atoms with Crippen molar-refractivity contribution in [2.75, 3.05) is 5.32 Å². The molecule has 4 rings (SSSR count). The highest BCUT2D eigenvalue weighted by molar-refractivity contribution is 7.22. The molecule has 3 heterocycles. The molecule has 0 radical (unpaired) electrons. The molecule has 1 amide bonds. The molecule has 1 aromatic carbocycles. The Morgan fingerprint density at radius 1 is 1.04 bits per heavy atom. The molecule has 0 aliphatic rings. The predicted octanol–water partition coefficient (Wildman–Crippen LogP) is 1.49. The highest BCUT2D eigenvalue weighted by atomic mass is 32.1. The van der Waals surface area contributed by atoms with Crippen molar-refractivity contribution in [2.24, 2.45) is 14.1 Å². The van der Waals surface area contributed by atoms with E-state index < -0.39 is 17.2 Å². The molecule has 1 N–H and O–H groups in total. The molecule has 4 aromatic rings. The number of rotatable bonds is 2. The molecule has 0 unspecified atom stereocenters. The Labute approximate surface area is 150 Å². The summed E-state index contributed by atoms with van der Waals surface area (Å²) in [5.74, 6) is -0.459. The van der Waals surface area contributed by atoms with E-state index in [1.54, 1.807) is 0 Å². The summed E-state index contributed by atoms with van der Waals surface area (Å²) in [7, 11) is 2.91. The normalized spacial score (nSPS) is 11.2. The van der Waals surface area contributed by atoms with Crippen LogP contribution in [0.1, 0.15) is 10.5 Å². The van der Waals surface area contributed by atoms with Gasteiger partial charge in [0.1, 0.15) is 11.3 Å². The highest BCUT2D eigenvalue weighted by Gasteiger charge is 2.15. The fraction of sp³-hybridized carbons (Fsp3) is 0.118. The van der Waals surface area contributed by atoms with E-state index in [2.05, 4.69) is 15.3 Å². The lowest BCUT2D eigenvalue weighted by Crippen LogP contribution is -2.37. The Morgan fingerprint density at radius 2 is 1.81 bits per heavy atom. The van der Waals surface area contributed by atoms with Crippen LogP contribution in [0.25, 0.3) is 21.3 Å². The second-order valence-corrected chi connectivity index (χ2v) is 6.74. The summed E-state index contributed by atoms with van der Waals surface area (Å²) in [6.45, 7) is 0. The van der Waals surface area contributed by atoms with Gasteiger partial charge in [0.2, 0.25) is 0 Å². The summed E-state index contributed by atoms with van der Waals surface area (Å²) in [6.07, 6.45) is 0. The number of carbonyl (C=O) groups is 1. The lowest BCUT2D eigenvalue weighted by molar-refractivity contribution is 0.102. The van der Waals surface area contributed by atoms with Gasteiger partial charge in [-0.25, -0.2) is 14.8 Å². The minimum Gasteiger partial charge on any atom is -0.296 e. The first-order chi connectivity index (χ1) is 12.5. The first-order valence-corrected chi connectivity index (χ1v) is 8.51. The predicted molar refractivity (Wildman–Crippen MR) is 99.8 cm³/mol. The zero-order valence-electron chi connectivity index (χ0n) is 13.9. The molecule has 3 aromatic heterocycles. The van der Waals surface area contributed by atoms with Crippen molar-refractivity contribution in [1.29, 1.82) is 0 Å². The molecule has 0 aliphatic heterocycles. The molecule has 0 aliphatic carbocycles. The molecule has 0 spiro atoms. The van der Waals surface area contributed by atoms with Crippen LogP contribution >= 0.6 is 11.3 Å². The zero-order valence-corrected chi connectivity index (χ0v) is 14.7. The number of carbonyl (C=O) groups excluding carboxylic acids is 1. The monoisotopic (exact) mass is 367 g/mol.